The highest BCUT2D eigenvalue weighted by Gasteiger charge is 2.34. The number of carbonyl (C=O) groups is 6. The van der Waals surface area contributed by atoms with E-state index in [-0.39, 0.29) is 35.8 Å². The molecule has 0 fully saturated rings. The Balaban J connectivity index is 0.966. The number of unbranched alkanes of at least 4 members (excludes halogenated alkanes) is 30. The predicted molar refractivity (Wildman–Crippen MR) is 537 cm³/mol. The van der Waals surface area contributed by atoms with Crippen LogP contribution in [0.4, 0.5) is 0 Å². The fraction of sp³-hybridized carbons (Fsp3) is 0.579. The molecule has 0 spiro atoms. The summed E-state index contributed by atoms with van der Waals surface area (Å²) in [5, 5.41) is 33.1. The van der Waals surface area contributed by atoms with Crippen LogP contribution in [0.25, 0.3) is 129 Å². The zero-order chi connectivity index (χ0) is 92.2. The Labute approximate surface area is 782 Å². The smallest absolute Gasteiger partial charge is 0.305 e. The second-order valence-electron chi connectivity index (χ2n) is 37.7. The standard InChI is InChI=1S/C114H150O18/c1-121-55-61-127-97(115)49-37-25-13-7-19-31-43-79-67-85-87-69-80(44-32-20-8-14-26-38-50-98(116)128-62-56-122-2)71-89-91-73-82(46-34-22-10-16-28-40-52-100(118)130-64-58-124-4)75-93-95-77-84(48-36-24-12-18-30-42-54-102(120)132-66-60-126-6)78-96-94-76-83(47-35-23-11-17-29-41-53-101(119)131-65-59-125-5)74-92-90-72-81(45-33-21-9-15-27-39-51-99(117)129-63-57-123-3)70-88-86(68-79)103(85)109-110(104(87)89)112(106(91)93)114(108(95)96)113(107(92)94)111(109)105(88)90/h67-78H,7-66H2,1-6H3. The van der Waals surface area contributed by atoms with Crippen molar-refractivity contribution in [2.45, 2.75) is 308 Å². The van der Waals surface area contributed by atoms with Gasteiger partial charge in [-0.3, -0.25) is 28.8 Å². The summed E-state index contributed by atoms with van der Waals surface area (Å²) in [6.45, 7) is 4.17. The van der Waals surface area contributed by atoms with Crippen LogP contribution in [0.3, 0.4) is 0 Å². The molecule has 0 N–H and O–H groups in total. The Morgan fingerprint density at radius 2 is 0.265 bits per heavy atom. The lowest BCUT2D eigenvalue weighted by molar-refractivity contribution is -0.145. The molecule has 714 valence electrons. The second kappa shape index (κ2) is 53.4. The number of ether oxygens (including phenoxy) is 12. The highest BCUT2D eigenvalue weighted by molar-refractivity contribution is 6.61. The average molecular weight is 1810 g/mol. The van der Waals surface area contributed by atoms with Gasteiger partial charge in [0, 0.05) is 81.2 Å². The molecule has 0 saturated carbocycles. The van der Waals surface area contributed by atoms with Gasteiger partial charge >= 0.3 is 35.8 Å². The van der Waals surface area contributed by atoms with Gasteiger partial charge in [0.2, 0.25) is 0 Å². The average Bonchev–Trinajstić information content (AvgIpc) is 0.641. The van der Waals surface area contributed by atoms with E-state index in [0.717, 1.165) is 270 Å². The predicted octanol–water partition coefficient (Wildman–Crippen LogP) is 26.9. The van der Waals surface area contributed by atoms with E-state index in [9.17, 15) is 28.8 Å². The molecule has 0 unspecified atom stereocenters. The van der Waals surface area contributed by atoms with Gasteiger partial charge in [0.1, 0.15) is 39.6 Å². The van der Waals surface area contributed by atoms with Crippen molar-refractivity contribution in [2.24, 2.45) is 0 Å². The number of carbonyl (C=O) groups excluding carboxylic acids is 6. The van der Waals surface area contributed by atoms with Crippen LogP contribution in [0, 0.1) is 0 Å². The Kier molecular flexibility index (Phi) is 40.7. The van der Waals surface area contributed by atoms with Crippen LogP contribution in [-0.4, -0.2) is 158 Å². The van der Waals surface area contributed by atoms with Crippen molar-refractivity contribution in [3.05, 3.63) is 106 Å². The van der Waals surface area contributed by atoms with Gasteiger partial charge in [0.05, 0.1) is 39.6 Å². The largest absolute Gasteiger partial charge is 0.463 e. The van der Waals surface area contributed by atoms with Gasteiger partial charge < -0.3 is 56.8 Å². The van der Waals surface area contributed by atoms with E-state index >= 15 is 0 Å². The van der Waals surface area contributed by atoms with Crippen molar-refractivity contribution in [3.8, 4) is 0 Å². The number of hydrogen-bond donors (Lipinski definition) is 0. The molecule has 18 nitrogen and oxygen atoms in total. The minimum Gasteiger partial charge on any atom is -0.463 e. The van der Waals surface area contributed by atoms with Crippen LogP contribution in [0.1, 0.15) is 303 Å². The number of fused-ring (bicyclic) bond motifs is 6. The summed E-state index contributed by atoms with van der Waals surface area (Å²) in [5.41, 5.74) is 8.27. The van der Waals surface area contributed by atoms with Gasteiger partial charge in [0.25, 0.3) is 0 Å². The van der Waals surface area contributed by atoms with Gasteiger partial charge in [0.15, 0.2) is 0 Å². The maximum atomic E-state index is 12.6. The quantitative estimate of drug-likeness (QED) is 0.0114. The molecule has 0 atom stereocenters. The molecule has 13 rings (SSSR count). The molecule has 132 heavy (non-hydrogen) atoms. The topological polar surface area (TPSA) is 213 Å². The third-order valence-electron chi connectivity index (χ3n) is 27.8. The Hall–Kier alpha value is -8.88. The normalized spacial score (nSPS) is 12.2. The van der Waals surface area contributed by atoms with Crippen molar-refractivity contribution < 1.29 is 85.6 Å². The van der Waals surface area contributed by atoms with Crippen LogP contribution >= 0.6 is 0 Å². The van der Waals surface area contributed by atoms with Crippen molar-refractivity contribution >= 4 is 165 Å². The number of rotatable bonds is 72. The highest BCUT2D eigenvalue weighted by atomic mass is 16.6. The number of hydrogen-bond acceptors (Lipinski definition) is 18. The summed E-state index contributed by atoms with van der Waals surface area (Å²) < 4.78 is 63.3. The summed E-state index contributed by atoms with van der Waals surface area (Å²) in [6.07, 6.45) is 45.1. The molecule has 0 aliphatic rings. The lowest BCUT2D eigenvalue weighted by Gasteiger charge is -2.30. The molecular weight excluding hydrogens is 1660 g/mol. The van der Waals surface area contributed by atoms with Crippen molar-refractivity contribution in [2.75, 3.05) is 122 Å². The summed E-state index contributed by atoms with van der Waals surface area (Å²) in [7, 11) is 9.74. The highest BCUT2D eigenvalue weighted by Crippen LogP contribution is 2.61. The van der Waals surface area contributed by atoms with Crippen molar-refractivity contribution in [3.63, 3.8) is 0 Å². The van der Waals surface area contributed by atoms with E-state index < -0.39 is 0 Å². The van der Waals surface area contributed by atoms with E-state index in [1.54, 1.807) is 42.7 Å². The molecule has 13 aromatic rings. The number of benzene rings is 13. The minimum atomic E-state index is -0.150. The van der Waals surface area contributed by atoms with Crippen LogP contribution in [0.5, 0.6) is 0 Å². The van der Waals surface area contributed by atoms with Crippen LogP contribution in [0.15, 0.2) is 72.8 Å². The molecule has 0 bridgehead atoms. The zero-order valence-electron chi connectivity index (χ0n) is 80.7. The molecule has 0 aliphatic carbocycles. The van der Waals surface area contributed by atoms with E-state index in [2.05, 4.69) is 72.8 Å². The molecular formula is C114H150O18. The van der Waals surface area contributed by atoms with Gasteiger partial charge in [-0.25, -0.2) is 0 Å². The maximum Gasteiger partial charge on any atom is 0.305 e. The first-order chi connectivity index (χ1) is 64.9. The van der Waals surface area contributed by atoms with E-state index in [4.69, 9.17) is 56.8 Å². The number of esters is 6. The fourth-order valence-corrected chi connectivity index (χ4v) is 21.2. The first-order valence-electron chi connectivity index (χ1n) is 51.0. The summed E-state index contributed by atoms with van der Waals surface area (Å²) in [5.74, 6) is -0.898. The Morgan fingerprint density at radius 1 is 0.152 bits per heavy atom. The molecule has 18 heteroatoms. The summed E-state index contributed by atoms with van der Waals surface area (Å²) in [6, 6.07) is 31.7. The van der Waals surface area contributed by atoms with E-state index in [0.29, 0.717) is 118 Å². The van der Waals surface area contributed by atoms with Gasteiger partial charge in [-0.2, -0.15) is 0 Å². The van der Waals surface area contributed by atoms with Gasteiger partial charge in [-0.05, 0) is 278 Å². The number of methoxy groups -OCH3 is 6. The van der Waals surface area contributed by atoms with Crippen molar-refractivity contribution in [1.82, 2.24) is 0 Å². The Morgan fingerprint density at radius 3 is 0.386 bits per heavy atom. The monoisotopic (exact) mass is 1810 g/mol. The molecule has 13 aromatic carbocycles. The van der Waals surface area contributed by atoms with Crippen molar-refractivity contribution in [1.29, 1.82) is 0 Å². The second-order valence-corrected chi connectivity index (χ2v) is 37.7. The first kappa shape index (κ1) is 101. The molecule has 0 aliphatic heterocycles. The molecule has 0 radical (unpaired) electrons. The minimum absolute atomic E-state index is 0.150. The lowest BCUT2D eigenvalue weighted by Crippen LogP contribution is -2.09. The third-order valence-corrected chi connectivity index (χ3v) is 27.8. The van der Waals surface area contributed by atoms with Gasteiger partial charge in [-0.15, -0.1) is 0 Å². The molecule has 0 aromatic heterocycles. The third kappa shape index (κ3) is 26.9. The molecule has 0 amide bonds. The lowest BCUT2D eigenvalue weighted by atomic mass is 9.72. The first-order valence-corrected chi connectivity index (χ1v) is 51.0. The van der Waals surface area contributed by atoms with E-state index in [1.165, 1.54) is 163 Å². The van der Waals surface area contributed by atoms with Crippen LogP contribution in [-0.2, 0) is 124 Å². The SMILES string of the molecule is COCCOC(=O)CCCCCCCCc1cc2c3cc(CCCCCCCCC(=O)OCCOC)cc4c5cc(CCCCCCCCC(=O)OCCOC)cc6c7cc(CCCCCCCCC(=O)OCCOC)cc8c9cc(CCCCCCCCC(=O)OCCOC)cc%10c%11cc(CCCCCCCCC(=O)OCCOC)cc%12c(c1)c2c1c(c34)c(c56)c(c78)c(c%109)c1c%12%11. The zero-order valence-corrected chi connectivity index (χ0v) is 80.7. The van der Waals surface area contributed by atoms with Crippen LogP contribution in [0.2, 0.25) is 0 Å². The number of aryl methyl sites for hydroxylation is 6. The molecule has 0 heterocycles. The summed E-state index contributed by atoms with van der Waals surface area (Å²) in [4.78, 5) is 75.5. The van der Waals surface area contributed by atoms with E-state index in [1.807, 2.05) is 0 Å². The molecule has 0 saturated heterocycles. The summed E-state index contributed by atoms with van der Waals surface area (Å²) >= 11 is 0. The maximum absolute atomic E-state index is 12.6. The van der Waals surface area contributed by atoms with Crippen LogP contribution < -0.4 is 0 Å². The van der Waals surface area contributed by atoms with Gasteiger partial charge in [-0.1, -0.05) is 227 Å². The Bertz CT molecular complexity index is 4630. The fourth-order valence-electron chi connectivity index (χ4n) is 21.2.